The number of ether oxygens (including phenoxy) is 4. The molecule has 2 aliphatic rings. The van der Waals surface area contributed by atoms with Crippen molar-refractivity contribution in [2.45, 2.75) is 111 Å². The van der Waals surface area contributed by atoms with Gasteiger partial charge >= 0.3 is 0 Å². The van der Waals surface area contributed by atoms with E-state index < -0.39 is 9.84 Å². The van der Waals surface area contributed by atoms with E-state index in [1.54, 1.807) is 21.3 Å². The van der Waals surface area contributed by atoms with Crippen molar-refractivity contribution in [3.05, 3.63) is 291 Å². The Morgan fingerprint density at radius 3 is 1.22 bits per heavy atom. The van der Waals surface area contributed by atoms with Crippen LogP contribution < -0.4 is 14.2 Å². The Labute approximate surface area is 552 Å². The fraction of sp³-hybridized carbons (Fsp3) is 0.200. The van der Waals surface area contributed by atoms with Crippen molar-refractivity contribution in [2.24, 2.45) is 0 Å². The van der Waals surface area contributed by atoms with E-state index in [2.05, 4.69) is 231 Å². The minimum Gasteiger partial charge on any atom is -0.497 e. The Morgan fingerprint density at radius 1 is 0.385 bits per heavy atom. The molecule has 0 bridgehead atoms. The van der Waals surface area contributed by atoms with E-state index in [0.29, 0.717) is 29.0 Å². The Morgan fingerprint density at radius 2 is 0.780 bits per heavy atom. The van der Waals surface area contributed by atoms with Crippen LogP contribution in [-0.2, 0) is 58.2 Å². The van der Waals surface area contributed by atoms with Crippen molar-refractivity contribution in [1.29, 1.82) is 0 Å². The summed E-state index contributed by atoms with van der Waals surface area (Å²) in [4.78, 5) is 13.4. The standard InChI is InChI=1S/C24H25O2S2.C21H21O2S.C18H15S.C17H21O2S/c25-28(26,23-14-8-3-9-15-23)24-18-16-22(17-19-24)27(20-10-4-1-5-11-20)21-12-6-2-7-13-21;1-16-7-4-10-19(13-16)24(20-11-5-8-17(14-20)22-2)21-12-6-9-18(15-21)23-3;1-4-10-16(11-5-1)19(17-12-6-2-7-13-17)18-14-8-3-9-15-18;1-18-10-11-19-16-8-9-17(20-12-4-5-13-20)15-7-3-2-6-14(15)16/h1-2,4-7,10-13,16-19,23H,3,8-9,14-15H2;4-15H,1-3H3;1-15H;2-3,6-9H,4-5,10-13H2,1H3/q4*+1. The zero-order chi connectivity index (χ0) is 63.0. The van der Waals surface area contributed by atoms with Gasteiger partial charge in [-0.1, -0.05) is 153 Å². The highest BCUT2D eigenvalue weighted by molar-refractivity contribution is 7.98. The fourth-order valence-electron chi connectivity index (χ4n) is 11.3. The third-order valence-corrected chi connectivity index (χ3v) is 27.2. The summed E-state index contributed by atoms with van der Waals surface area (Å²) in [5, 5.41) is 2.39. The van der Waals surface area contributed by atoms with Crippen LogP contribution in [0.15, 0.2) is 339 Å². The quantitative estimate of drug-likeness (QED) is 0.0630. The Kier molecular flexibility index (Phi) is 24.9. The predicted molar refractivity (Wildman–Crippen MR) is 382 cm³/mol. The Bertz CT molecular complexity index is 3890. The van der Waals surface area contributed by atoms with Crippen LogP contribution in [0.25, 0.3) is 10.8 Å². The summed E-state index contributed by atoms with van der Waals surface area (Å²) in [6, 6.07) is 98.9. The van der Waals surface area contributed by atoms with E-state index in [-0.39, 0.29) is 37.9 Å². The molecule has 13 rings (SSSR count). The number of benzene rings is 11. The molecule has 0 unspecified atom stereocenters. The number of aryl methyl sites for hydroxylation is 1. The molecule has 0 amide bonds. The first-order valence-electron chi connectivity index (χ1n) is 31.2. The van der Waals surface area contributed by atoms with Crippen LogP contribution in [0.3, 0.4) is 0 Å². The first kappa shape index (κ1) is 66.3. The van der Waals surface area contributed by atoms with Gasteiger partial charge in [0.05, 0.1) is 63.7 Å². The maximum absolute atomic E-state index is 13.0. The summed E-state index contributed by atoms with van der Waals surface area (Å²) < 4.78 is 47.8. The number of hydrogen-bond acceptors (Lipinski definition) is 6. The molecule has 0 N–H and O–H groups in total. The highest BCUT2D eigenvalue weighted by Gasteiger charge is 2.34. The molecular formula is C80H82O6S5+4. The second kappa shape index (κ2) is 34.2. The smallest absolute Gasteiger partial charge is 0.181 e. The topological polar surface area (TPSA) is 71.1 Å². The summed E-state index contributed by atoms with van der Waals surface area (Å²) in [5.41, 5.74) is 1.26. The zero-order valence-corrected chi connectivity index (χ0v) is 56.6. The SMILES string of the molecule is COCCOc1ccc([S+]2CCCC2)c2ccccc12.COc1cccc([S+](c2cccc(C)c2)c2cccc(OC)c2)c1.O=S(=O)(c1ccc([S+](c2ccccc2)c2ccccc2)cc1)C1CCCCC1.c1ccc([S+](c2ccccc2)c2ccccc2)cc1. The molecule has 6 nitrogen and oxygen atoms in total. The van der Waals surface area contributed by atoms with Gasteiger partial charge in [0.1, 0.15) is 35.4 Å². The van der Waals surface area contributed by atoms with Crippen molar-refractivity contribution >= 4 is 64.2 Å². The normalized spacial score (nSPS) is 13.3. The van der Waals surface area contributed by atoms with E-state index in [1.165, 1.54) is 84.7 Å². The molecule has 1 heterocycles. The van der Waals surface area contributed by atoms with E-state index in [4.69, 9.17) is 18.9 Å². The van der Waals surface area contributed by atoms with Crippen LogP contribution in [0.4, 0.5) is 0 Å². The van der Waals surface area contributed by atoms with Crippen molar-refractivity contribution in [3.8, 4) is 17.2 Å². The highest BCUT2D eigenvalue weighted by Crippen LogP contribution is 2.38. The second-order valence-corrected chi connectivity index (χ2v) is 32.5. The maximum atomic E-state index is 13.0. The Hall–Kier alpha value is -7.61. The molecule has 11 aromatic carbocycles. The molecule has 1 aliphatic heterocycles. The largest absolute Gasteiger partial charge is 0.497 e. The minimum atomic E-state index is -3.23. The molecule has 11 heteroatoms. The highest BCUT2D eigenvalue weighted by atomic mass is 32.2. The number of methoxy groups -OCH3 is 3. The lowest BCUT2D eigenvalue weighted by Gasteiger charge is -2.21. The lowest BCUT2D eigenvalue weighted by Crippen LogP contribution is -2.24. The van der Waals surface area contributed by atoms with Crippen LogP contribution in [0.1, 0.15) is 50.5 Å². The molecule has 0 atom stereocenters. The fourth-order valence-corrected chi connectivity index (χ4v) is 22.0. The molecule has 0 aromatic heterocycles. The average Bonchev–Trinajstić information content (AvgIpc) is 2.08. The van der Waals surface area contributed by atoms with Crippen molar-refractivity contribution in [3.63, 3.8) is 0 Å². The van der Waals surface area contributed by atoms with Gasteiger partial charge in [-0.2, -0.15) is 0 Å². The summed E-state index contributed by atoms with van der Waals surface area (Å²) in [7, 11) is 1.84. The second-order valence-electron chi connectivity index (χ2n) is 22.0. The van der Waals surface area contributed by atoms with Crippen LogP contribution >= 0.6 is 0 Å². The van der Waals surface area contributed by atoms with Crippen LogP contribution in [0.2, 0.25) is 0 Å². The summed E-state index contributed by atoms with van der Waals surface area (Å²) in [6.07, 6.45) is 7.54. The van der Waals surface area contributed by atoms with Crippen LogP contribution in [0.5, 0.6) is 17.2 Å². The van der Waals surface area contributed by atoms with E-state index in [1.807, 2.05) is 60.7 Å². The van der Waals surface area contributed by atoms with Gasteiger partial charge < -0.3 is 18.9 Å². The zero-order valence-electron chi connectivity index (χ0n) is 52.5. The van der Waals surface area contributed by atoms with Gasteiger partial charge in [-0.05, 0) is 178 Å². The molecule has 0 spiro atoms. The van der Waals surface area contributed by atoms with Crippen LogP contribution in [0, 0.1) is 6.92 Å². The molecule has 91 heavy (non-hydrogen) atoms. The number of hydrogen-bond donors (Lipinski definition) is 0. The predicted octanol–water partition coefficient (Wildman–Crippen LogP) is 19.4. The molecule has 0 radical (unpaired) electrons. The molecule has 464 valence electrons. The van der Waals surface area contributed by atoms with Gasteiger partial charge in [-0.3, -0.25) is 0 Å². The summed E-state index contributed by atoms with van der Waals surface area (Å²) in [5.74, 6) is 5.44. The van der Waals surface area contributed by atoms with E-state index >= 15 is 0 Å². The maximum Gasteiger partial charge on any atom is 0.181 e. The molecule has 11 aromatic rings. The van der Waals surface area contributed by atoms with Gasteiger partial charge in [0.2, 0.25) is 0 Å². The molecular weight excluding hydrogens is 1220 g/mol. The number of rotatable bonds is 18. The minimum absolute atomic E-state index is 0.0146. The molecule has 2 fully saturated rings. The van der Waals surface area contributed by atoms with Crippen molar-refractivity contribution < 1.29 is 27.4 Å². The Balaban J connectivity index is 0.000000135. The lowest BCUT2D eigenvalue weighted by atomic mass is 10.0. The van der Waals surface area contributed by atoms with Gasteiger partial charge in [0.25, 0.3) is 0 Å². The van der Waals surface area contributed by atoms with Crippen LogP contribution in [-0.4, -0.2) is 59.7 Å². The summed E-state index contributed by atoms with van der Waals surface area (Å²) in [6.45, 7) is 3.36. The first-order valence-corrected chi connectivity index (χ1v) is 38.0. The molecule has 1 aliphatic carbocycles. The summed E-state index contributed by atoms with van der Waals surface area (Å²) >= 11 is 0. The molecule has 1 saturated carbocycles. The van der Waals surface area contributed by atoms with Gasteiger partial charge in [0.15, 0.2) is 58.8 Å². The number of fused-ring (bicyclic) bond motifs is 1. The van der Waals surface area contributed by atoms with Gasteiger partial charge in [0, 0.05) is 40.9 Å². The van der Waals surface area contributed by atoms with Gasteiger partial charge in [-0.25, -0.2) is 8.42 Å². The van der Waals surface area contributed by atoms with E-state index in [9.17, 15) is 8.42 Å². The lowest BCUT2D eigenvalue weighted by molar-refractivity contribution is 0.147. The number of sulfone groups is 1. The third-order valence-electron chi connectivity index (χ3n) is 15.8. The van der Waals surface area contributed by atoms with Crippen molar-refractivity contribution in [1.82, 2.24) is 0 Å². The van der Waals surface area contributed by atoms with Crippen molar-refractivity contribution in [2.75, 3.05) is 46.0 Å². The average molecular weight is 1300 g/mol. The monoisotopic (exact) mass is 1300 g/mol. The molecule has 1 saturated heterocycles. The first-order chi connectivity index (χ1) is 44.7. The third kappa shape index (κ3) is 17.9. The van der Waals surface area contributed by atoms with Gasteiger partial charge in [-0.15, -0.1) is 0 Å². The van der Waals surface area contributed by atoms with E-state index in [0.717, 1.165) is 54.2 Å².